The monoisotopic (exact) mass is 318 g/mol. The fourth-order valence-corrected chi connectivity index (χ4v) is 2.18. The van der Waals surface area contributed by atoms with Gasteiger partial charge in [0.05, 0.1) is 4.99 Å². The van der Waals surface area contributed by atoms with E-state index in [4.69, 9.17) is 29.6 Å². The third kappa shape index (κ3) is 4.28. The van der Waals surface area contributed by atoms with Crippen LogP contribution in [0.4, 0.5) is 5.69 Å². The van der Waals surface area contributed by atoms with Gasteiger partial charge in [-0.1, -0.05) is 36.0 Å². The van der Waals surface area contributed by atoms with Crippen LogP contribution < -0.4 is 11.1 Å². The first kappa shape index (κ1) is 15.5. The van der Waals surface area contributed by atoms with Gasteiger partial charge in [0.25, 0.3) is 5.91 Å². The van der Waals surface area contributed by atoms with E-state index in [1.807, 2.05) is 31.2 Å². The van der Waals surface area contributed by atoms with E-state index in [-0.39, 0.29) is 5.91 Å². The summed E-state index contributed by atoms with van der Waals surface area (Å²) in [5, 5.41) is 3.49. The summed E-state index contributed by atoms with van der Waals surface area (Å²) in [6.07, 6.45) is 0.555. The number of hydrogen-bond donors (Lipinski definition) is 2. The van der Waals surface area contributed by atoms with Gasteiger partial charge >= 0.3 is 0 Å². The lowest BCUT2D eigenvalue weighted by Gasteiger charge is -2.07. The Morgan fingerprint density at radius 1 is 1.24 bits per heavy atom. The second kappa shape index (κ2) is 6.70. The lowest BCUT2D eigenvalue weighted by atomic mass is 10.1. The number of amides is 1. The molecular formula is C16H15ClN2OS. The SMILES string of the molecule is Cc1cc(C(=O)Nc2ccc(CC(N)=S)cc2)ccc1Cl. The number of nitrogens with one attached hydrogen (secondary N) is 1. The summed E-state index contributed by atoms with van der Waals surface area (Å²) in [7, 11) is 0. The van der Waals surface area contributed by atoms with Crippen molar-refractivity contribution in [3.8, 4) is 0 Å². The Morgan fingerprint density at radius 3 is 2.48 bits per heavy atom. The molecule has 0 heterocycles. The van der Waals surface area contributed by atoms with E-state index in [1.54, 1.807) is 18.2 Å². The molecule has 3 nitrogen and oxygen atoms in total. The predicted molar refractivity (Wildman–Crippen MR) is 91.1 cm³/mol. The van der Waals surface area contributed by atoms with Crippen molar-refractivity contribution in [2.75, 3.05) is 5.32 Å². The maximum Gasteiger partial charge on any atom is 0.255 e. The number of anilines is 1. The molecule has 0 spiro atoms. The second-order valence-electron chi connectivity index (χ2n) is 4.76. The number of aryl methyl sites for hydroxylation is 1. The summed E-state index contributed by atoms with van der Waals surface area (Å²) in [6, 6.07) is 12.6. The normalized spacial score (nSPS) is 10.2. The third-order valence-corrected chi connectivity index (χ3v) is 3.58. The van der Waals surface area contributed by atoms with Crippen molar-refractivity contribution < 1.29 is 4.79 Å². The number of hydrogen-bond acceptors (Lipinski definition) is 2. The number of rotatable bonds is 4. The molecule has 0 aliphatic carbocycles. The molecule has 5 heteroatoms. The predicted octanol–water partition coefficient (Wildman–Crippen LogP) is 3.73. The number of benzene rings is 2. The van der Waals surface area contributed by atoms with Gasteiger partial charge in [0.1, 0.15) is 0 Å². The van der Waals surface area contributed by atoms with E-state index in [1.165, 1.54) is 0 Å². The fraction of sp³-hybridized carbons (Fsp3) is 0.125. The topological polar surface area (TPSA) is 55.1 Å². The molecule has 0 saturated heterocycles. The number of thiocarbonyl (C=S) groups is 1. The zero-order valence-electron chi connectivity index (χ0n) is 11.5. The van der Waals surface area contributed by atoms with Gasteiger partial charge < -0.3 is 11.1 Å². The van der Waals surface area contributed by atoms with Crippen LogP contribution in [0.3, 0.4) is 0 Å². The molecule has 0 aromatic heterocycles. The van der Waals surface area contributed by atoms with Crippen LogP contribution in [0.5, 0.6) is 0 Å². The number of carbonyl (C=O) groups is 1. The van der Waals surface area contributed by atoms with E-state index in [0.717, 1.165) is 16.8 Å². The van der Waals surface area contributed by atoms with Crippen molar-refractivity contribution in [3.63, 3.8) is 0 Å². The second-order valence-corrected chi connectivity index (χ2v) is 5.69. The summed E-state index contributed by atoms with van der Waals surface area (Å²) in [4.78, 5) is 12.6. The van der Waals surface area contributed by atoms with E-state index in [0.29, 0.717) is 22.0 Å². The molecule has 0 fully saturated rings. The van der Waals surface area contributed by atoms with E-state index >= 15 is 0 Å². The van der Waals surface area contributed by atoms with E-state index < -0.39 is 0 Å². The van der Waals surface area contributed by atoms with Gasteiger partial charge in [0.15, 0.2) is 0 Å². The summed E-state index contributed by atoms with van der Waals surface area (Å²) in [5.41, 5.74) is 8.68. The molecule has 1 amide bonds. The van der Waals surface area contributed by atoms with Crippen molar-refractivity contribution >= 4 is 40.4 Å². The van der Waals surface area contributed by atoms with E-state index in [2.05, 4.69) is 5.32 Å². The first-order chi connectivity index (χ1) is 9.95. The van der Waals surface area contributed by atoms with Gasteiger partial charge in [0, 0.05) is 22.7 Å². The van der Waals surface area contributed by atoms with Crippen LogP contribution in [-0.2, 0) is 6.42 Å². The van der Waals surface area contributed by atoms with E-state index in [9.17, 15) is 4.79 Å². The molecular weight excluding hydrogens is 304 g/mol. The number of carbonyl (C=O) groups excluding carboxylic acids is 1. The maximum atomic E-state index is 12.1. The largest absolute Gasteiger partial charge is 0.393 e. The highest BCUT2D eigenvalue weighted by Gasteiger charge is 2.07. The maximum absolute atomic E-state index is 12.1. The molecule has 0 unspecified atom stereocenters. The summed E-state index contributed by atoms with van der Waals surface area (Å²) in [6.45, 7) is 1.86. The Hall–Kier alpha value is -1.91. The van der Waals surface area contributed by atoms with Crippen molar-refractivity contribution in [2.45, 2.75) is 13.3 Å². The highest BCUT2D eigenvalue weighted by Crippen LogP contribution is 2.18. The molecule has 0 atom stereocenters. The molecule has 2 aromatic rings. The molecule has 108 valence electrons. The lowest BCUT2D eigenvalue weighted by Crippen LogP contribution is -2.13. The first-order valence-electron chi connectivity index (χ1n) is 6.40. The van der Waals surface area contributed by atoms with Gasteiger partial charge in [-0.2, -0.15) is 0 Å². The van der Waals surface area contributed by atoms with Gasteiger partial charge in [-0.25, -0.2) is 0 Å². The standard InChI is InChI=1S/C16H15ClN2OS/c1-10-8-12(4-7-14(10)17)16(20)19-13-5-2-11(3-6-13)9-15(18)21/h2-8H,9H2,1H3,(H2,18,21)(H,19,20). The smallest absolute Gasteiger partial charge is 0.255 e. The molecule has 0 radical (unpaired) electrons. The fourth-order valence-electron chi connectivity index (χ4n) is 1.90. The average molecular weight is 319 g/mol. The minimum Gasteiger partial charge on any atom is -0.393 e. The molecule has 21 heavy (non-hydrogen) atoms. The lowest BCUT2D eigenvalue weighted by molar-refractivity contribution is 0.102. The zero-order valence-corrected chi connectivity index (χ0v) is 13.1. The summed E-state index contributed by atoms with van der Waals surface area (Å²) < 4.78 is 0. The van der Waals surface area contributed by atoms with Gasteiger partial charge in [-0.3, -0.25) is 4.79 Å². The molecule has 0 bridgehead atoms. The summed E-state index contributed by atoms with van der Waals surface area (Å²) in [5.74, 6) is -0.170. The zero-order chi connectivity index (χ0) is 15.4. The molecule has 3 N–H and O–H groups in total. The molecule has 2 aromatic carbocycles. The van der Waals surface area contributed by atoms with Crippen LogP contribution in [-0.4, -0.2) is 10.9 Å². The quantitative estimate of drug-likeness (QED) is 0.845. The van der Waals surface area contributed by atoms with Crippen LogP contribution in [0, 0.1) is 6.92 Å². The Bertz CT molecular complexity index is 683. The highest BCUT2D eigenvalue weighted by atomic mass is 35.5. The van der Waals surface area contributed by atoms with Gasteiger partial charge in [0.2, 0.25) is 0 Å². The Balaban J connectivity index is 2.08. The molecule has 0 aliphatic rings. The first-order valence-corrected chi connectivity index (χ1v) is 7.19. The number of halogens is 1. The molecule has 0 aliphatic heterocycles. The van der Waals surface area contributed by atoms with Crippen LogP contribution in [0.2, 0.25) is 5.02 Å². The Kier molecular flexibility index (Phi) is 4.94. The molecule has 0 saturated carbocycles. The minimum absolute atomic E-state index is 0.170. The minimum atomic E-state index is -0.170. The van der Waals surface area contributed by atoms with Gasteiger partial charge in [-0.15, -0.1) is 0 Å². The van der Waals surface area contributed by atoms with Crippen LogP contribution in [0.15, 0.2) is 42.5 Å². The molecule has 2 rings (SSSR count). The average Bonchev–Trinajstić information content (AvgIpc) is 2.43. The van der Waals surface area contributed by atoms with Crippen LogP contribution in [0.25, 0.3) is 0 Å². The van der Waals surface area contributed by atoms with Crippen molar-refractivity contribution in [1.29, 1.82) is 0 Å². The van der Waals surface area contributed by atoms with Crippen molar-refractivity contribution in [1.82, 2.24) is 0 Å². The van der Waals surface area contributed by atoms with Crippen molar-refractivity contribution in [2.24, 2.45) is 5.73 Å². The van der Waals surface area contributed by atoms with Gasteiger partial charge in [-0.05, 0) is 48.4 Å². The van der Waals surface area contributed by atoms with Crippen LogP contribution in [0.1, 0.15) is 21.5 Å². The summed E-state index contributed by atoms with van der Waals surface area (Å²) >= 11 is 10.8. The Morgan fingerprint density at radius 2 is 1.90 bits per heavy atom. The third-order valence-electron chi connectivity index (χ3n) is 3.01. The Labute approximate surface area is 134 Å². The highest BCUT2D eigenvalue weighted by molar-refractivity contribution is 7.80. The number of nitrogens with two attached hydrogens (primary N) is 1. The van der Waals surface area contributed by atoms with Crippen molar-refractivity contribution in [3.05, 3.63) is 64.2 Å². The van der Waals surface area contributed by atoms with Crippen LogP contribution >= 0.6 is 23.8 Å².